The zero-order chi connectivity index (χ0) is 15.6. The number of non-ortho nitro benzene ring substituents is 1. The average Bonchev–Trinajstić information content (AvgIpc) is 2.43. The molecule has 2 aromatic rings. The smallest absolute Gasteiger partial charge is 0.270 e. The molecule has 0 saturated carbocycles. The van der Waals surface area contributed by atoms with Gasteiger partial charge in [0.1, 0.15) is 5.82 Å². The molecule has 0 saturated heterocycles. The van der Waals surface area contributed by atoms with Crippen LogP contribution in [-0.4, -0.2) is 10.8 Å². The van der Waals surface area contributed by atoms with Crippen LogP contribution in [-0.2, 0) is 0 Å². The summed E-state index contributed by atoms with van der Waals surface area (Å²) in [5.41, 5.74) is 0.887. The van der Waals surface area contributed by atoms with Gasteiger partial charge in [-0.05, 0) is 41.1 Å². The van der Waals surface area contributed by atoms with Crippen molar-refractivity contribution in [1.29, 1.82) is 0 Å². The van der Waals surface area contributed by atoms with E-state index in [-0.39, 0.29) is 11.3 Å². The Balaban J connectivity index is 2.27. The number of halogens is 2. The quantitative estimate of drug-likeness (QED) is 0.668. The molecule has 21 heavy (non-hydrogen) atoms. The fraction of sp³-hybridized carbons (Fsp3) is 0.0714. The summed E-state index contributed by atoms with van der Waals surface area (Å²) in [5, 5.41) is 13.2. The van der Waals surface area contributed by atoms with E-state index in [1.165, 1.54) is 30.3 Å². The minimum atomic E-state index is -0.629. The number of nitrogens with one attached hydrogen (secondary N) is 1. The summed E-state index contributed by atoms with van der Waals surface area (Å²) < 4.78 is 14.0. The van der Waals surface area contributed by atoms with Crippen LogP contribution >= 0.6 is 15.9 Å². The van der Waals surface area contributed by atoms with E-state index >= 15 is 0 Å². The number of hydrogen-bond acceptors (Lipinski definition) is 3. The van der Waals surface area contributed by atoms with Gasteiger partial charge < -0.3 is 5.32 Å². The Labute approximate surface area is 128 Å². The highest BCUT2D eigenvalue weighted by Gasteiger charge is 2.15. The monoisotopic (exact) mass is 352 g/mol. The minimum Gasteiger partial charge on any atom is -0.321 e. The van der Waals surface area contributed by atoms with E-state index < -0.39 is 16.6 Å². The molecule has 0 aliphatic heterocycles. The van der Waals surface area contributed by atoms with Crippen molar-refractivity contribution in [2.45, 2.75) is 6.92 Å². The van der Waals surface area contributed by atoms with Crippen molar-refractivity contribution in [3.05, 3.63) is 67.9 Å². The molecule has 5 nitrogen and oxygen atoms in total. The normalized spacial score (nSPS) is 10.2. The highest BCUT2D eigenvalue weighted by atomic mass is 79.9. The van der Waals surface area contributed by atoms with Gasteiger partial charge >= 0.3 is 0 Å². The summed E-state index contributed by atoms with van der Waals surface area (Å²) in [4.78, 5) is 22.1. The maximum atomic E-state index is 13.6. The van der Waals surface area contributed by atoms with Crippen LogP contribution in [0.4, 0.5) is 15.8 Å². The van der Waals surface area contributed by atoms with Gasteiger partial charge in [-0.1, -0.05) is 11.6 Å². The molecule has 0 atom stereocenters. The Morgan fingerprint density at radius 2 is 2.00 bits per heavy atom. The number of nitro groups is 1. The Bertz CT molecular complexity index is 734. The first-order valence-corrected chi connectivity index (χ1v) is 6.69. The third-order valence-electron chi connectivity index (χ3n) is 2.78. The van der Waals surface area contributed by atoms with Crippen molar-refractivity contribution in [3.63, 3.8) is 0 Å². The number of aryl methyl sites for hydroxylation is 1. The van der Waals surface area contributed by atoms with Gasteiger partial charge in [0.05, 0.1) is 16.2 Å². The van der Waals surface area contributed by atoms with Crippen molar-refractivity contribution in [3.8, 4) is 0 Å². The molecule has 0 aliphatic rings. The lowest BCUT2D eigenvalue weighted by Crippen LogP contribution is -2.14. The van der Waals surface area contributed by atoms with Crippen LogP contribution in [0.25, 0.3) is 0 Å². The molecular formula is C14H10BrFN2O3. The number of anilines is 1. The lowest BCUT2D eigenvalue weighted by atomic mass is 10.1. The number of nitro benzene ring substituents is 1. The van der Waals surface area contributed by atoms with Crippen LogP contribution in [0.15, 0.2) is 40.9 Å². The number of nitrogens with zero attached hydrogens (tertiary/aromatic N) is 1. The van der Waals surface area contributed by atoms with Gasteiger partial charge in [-0.25, -0.2) is 4.39 Å². The molecule has 0 spiro atoms. The fourth-order valence-corrected chi connectivity index (χ4v) is 2.19. The van der Waals surface area contributed by atoms with E-state index in [0.717, 1.165) is 5.56 Å². The van der Waals surface area contributed by atoms with Crippen LogP contribution in [0.3, 0.4) is 0 Å². The van der Waals surface area contributed by atoms with Crippen molar-refractivity contribution in [2.24, 2.45) is 0 Å². The largest absolute Gasteiger partial charge is 0.321 e. The summed E-state index contributed by atoms with van der Waals surface area (Å²) in [6.45, 7) is 1.75. The van der Waals surface area contributed by atoms with E-state index in [1.54, 1.807) is 13.0 Å². The second kappa shape index (κ2) is 6.01. The third-order valence-corrected chi connectivity index (χ3v) is 3.43. The van der Waals surface area contributed by atoms with Crippen LogP contribution in [0, 0.1) is 22.9 Å². The standard InChI is InChI=1S/C14H10BrFN2O3/c1-8-2-4-12(16)10(6-8)14(19)17-13-5-3-9(18(20)21)7-11(13)15/h2-7H,1H3,(H,17,19). The van der Waals surface area contributed by atoms with E-state index in [1.807, 2.05) is 0 Å². The zero-order valence-corrected chi connectivity index (χ0v) is 12.5. The second-order valence-electron chi connectivity index (χ2n) is 4.36. The van der Waals surface area contributed by atoms with Crippen LogP contribution in [0.2, 0.25) is 0 Å². The molecule has 1 N–H and O–H groups in total. The zero-order valence-electron chi connectivity index (χ0n) is 10.9. The predicted molar refractivity (Wildman–Crippen MR) is 79.9 cm³/mol. The Kier molecular flexibility index (Phi) is 4.32. The highest BCUT2D eigenvalue weighted by Crippen LogP contribution is 2.27. The first-order chi connectivity index (χ1) is 9.88. The van der Waals surface area contributed by atoms with Gasteiger partial charge in [0.25, 0.3) is 11.6 Å². The van der Waals surface area contributed by atoms with E-state index in [2.05, 4.69) is 21.2 Å². The summed E-state index contributed by atoms with van der Waals surface area (Å²) >= 11 is 3.14. The molecular weight excluding hydrogens is 343 g/mol. The maximum Gasteiger partial charge on any atom is 0.270 e. The van der Waals surface area contributed by atoms with Gasteiger partial charge in [0.15, 0.2) is 0 Å². The SMILES string of the molecule is Cc1ccc(F)c(C(=O)Nc2ccc([N+](=O)[O-])cc2Br)c1. The Morgan fingerprint density at radius 3 is 2.62 bits per heavy atom. The van der Waals surface area contributed by atoms with Crippen molar-refractivity contribution >= 4 is 33.2 Å². The Morgan fingerprint density at radius 1 is 1.29 bits per heavy atom. The molecule has 0 heterocycles. The minimum absolute atomic E-state index is 0.0831. The van der Waals surface area contributed by atoms with Crippen molar-refractivity contribution in [2.75, 3.05) is 5.32 Å². The average molecular weight is 353 g/mol. The molecule has 1 amide bonds. The molecule has 0 unspecified atom stereocenters. The number of carbonyl (C=O) groups is 1. The summed E-state index contributed by atoms with van der Waals surface area (Å²) in [6.07, 6.45) is 0. The molecule has 0 fully saturated rings. The van der Waals surface area contributed by atoms with E-state index in [4.69, 9.17) is 0 Å². The fourth-order valence-electron chi connectivity index (χ4n) is 1.72. The Hall–Kier alpha value is -2.28. The van der Waals surface area contributed by atoms with Crippen LogP contribution in [0.1, 0.15) is 15.9 Å². The van der Waals surface area contributed by atoms with Crippen molar-refractivity contribution < 1.29 is 14.1 Å². The summed E-state index contributed by atoms with van der Waals surface area (Å²) in [6, 6.07) is 8.12. The molecule has 7 heteroatoms. The molecule has 2 aromatic carbocycles. The van der Waals surface area contributed by atoms with Crippen molar-refractivity contribution in [1.82, 2.24) is 0 Å². The second-order valence-corrected chi connectivity index (χ2v) is 5.21. The number of carbonyl (C=O) groups excluding carboxylic acids is 1. The molecule has 0 aliphatic carbocycles. The van der Waals surface area contributed by atoms with Gasteiger partial charge in [-0.3, -0.25) is 14.9 Å². The summed E-state index contributed by atoms with van der Waals surface area (Å²) in [5.74, 6) is -1.25. The third kappa shape index (κ3) is 3.43. The van der Waals surface area contributed by atoms with E-state index in [0.29, 0.717) is 10.2 Å². The first kappa shape index (κ1) is 15.1. The number of rotatable bonds is 3. The lowest BCUT2D eigenvalue weighted by Gasteiger charge is -2.08. The lowest BCUT2D eigenvalue weighted by molar-refractivity contribution is -0.384. The molecule has 108 valence electrons. The molecule has 0 bridgehead atoms. The highest BCUT2D eigenvalue weighted by molar-refractivity contribution is 9.10. The number of hydrogen-bond donors (Lipinski definition) is 1. The van der Waals surface area contributed by atoms with E-state index in [9.17, 15) is 19.3 Å². The molecule has 0 radical (unpaired) electrons. The van der Waals surface area contributed by atoms with Gasteiger partial charge in [0, 0.05) is 16.6 Å². The van der Waals surface area contributed by atoms with Gasteiger partial charge in [0.2, 0.25) is 0 Å². The number of benzene rings is 2. The molecule has 2 rings (SSSR count). The van der Waals surface area contributed by atoms with Crippen LogP contribution in [0.5, 0.6) is 0 Å². The van der Waals surface area contributed by atoms with Gasteiger partial charge in [-0.15, -0.1) is 0 Å². The predicted octanol–water partition coefficient (Wildman–Crippen LogP) is 4.06. The van der Waals surface area contributed by atoms with Crippen LogP contribution < -0.4 is 5.32 Å². The maximum absolute atomic E-state index is 13.6. The number of amides is 1. The van der Waals surface area contributed by atoms with Gasteiger partial charge in [-0.2, -0.15) is 0 Å². The topological polar surface area (TPSA) is 72.2 Å². The first-order valence-electron chi connectivity index (χ1n) is 5.90. The molecule has 0 aromatic heterocycles. The summed E-state index contributed by atoms with van der Waals surface area (Å²) in [7, 11) is 0.